The maximum Gasteiger partial charge on any atom is 0.356 e. The fourth-order valence-electron chi connectivity index (χ4n) is 3.36. The lowest BCUT2D eigenvalue weighted by atomic mass is 10.3. The molecule has 0 amide bonds. The van der Waals surface area contributed by atoms with E-state index in [1.807, 2.05) is 0 Å². The van der Waals surface area contributed by atoms with Crippen LogP contribution in [0.5, 0.6) is 0 Å². The molecule has 0 N–H and O–H groups in total. The van der Waals surface area contributed by atoms with Gasteiger partial charge in [-0.15, -0.1) is 0 Å². The van der Waals surface area contributed by atoms with E-state index in [0.717, 1.165) is 0 Å². The molecule has 0 unspecified atom stereocenters. The highest BCUT2D eigenvalue weighted by molar-refractivity contribution is 7.53. The van der Waals surface area contributed by atoms with Crippen LogP contribution in [0.25, 0.3) is 11.2 Å². The number of rotatable bonds is 17. The number of fused-ring (bicyclic) bond motifs is 1. The van der Waals surface area contributed by atoms with Gasteiger partial charge in [0.25, 0.3) is 0 Å². The monoisotopic (exact) mass is 584 g/mol. The van der Waals surface area contributed by atoms with Gasteiger partial charge in [0.2, 0.25) is 0 Å². The minimum Gasteiger partial charge on any atom is -0.367 e. The lowest BCUT2D eigenvalue weighted by molar-refractivity contribution is 0.0474. The van der Waals surface area contributed by atoms with Crippen LogP contribution in [0.15, 0.2) is 12.7 Å². The molecule has 0 aliphatic heterocycles. The summed E-state index contributed by atoms with van der Waals surface area (Å²) in [5.74, 6) is 0. The van der Waals surface area contributed by atoms with E-state index in [1.165, 1.54) is 12.7 Å². The van der Waals surface area contributed by atoms with Crippen molar-refractivity contribution in [2.45, 2.75) is 85.8 Å². The van der Waals surface area contributed by atoms with Gasteiger partial charge in [0.15, 0.2) is 10.8 Å². The summed E-state index contributed by atoms with van der Waals surface area (Å²) >= 11 is 6.17. The number of nitrogens with zero attached hydrogens (tertiary/aromatic N) is 4. The van der Waals surface area contributed by atoms with E-state index in [4.69, 9.17) is 39.2 Å². The van der Waals surface area contributed by atoms with Gasteiger partial charge in [-0.2, -0.15) is 0 Å². The summed E-state index contributed by atoms with van der Waals surface area (Å²) in [6.45, 7) is 14.2. The van der Waals surface area contributed by atoms with Gasteiger partial charge in [-0.05, 0) is 55.4 Å². The molecule has 37 heavy (non-hydrogen) atoms. The van der Waals surface area contributed by atoms with Crippen LogP contribution in [-0.4, -0.2) is 69.8 Å². The van der Waals surface area contributed by atoms with Crippen molar-refractivity contribution in [3.05, 3.63) is 17.8 Å². The van der Waals surface area contributed by atoms with Crippen molar-refractivity contribution in [2.24, 2.45) is 0 Å². The molecular weight excluding hydrogens is 546 g/mol. The summed E-state index contributed by atoms with van der Waals surface area (Å²) in [5.41, 5.74) is 0.861. The Morgan fingerprint density at radius 2 is 1.19 bits per heavy atom. The van der Waals surface area contributed by atoms with Crippen LogP contribution in [0.1, 0.15) is 61.4 Å². The maximum atomic E-state index is 13.2. The molecule has 2 aromatic heterocycles. The SMILES string of the molecule is CC(C)OP(=O)(COCC(COCP(=O)(OC(C)C)OC(C)C)n1cnc2c(Cl)ncnc21)OC(C)C. The van der Waals surface area contributed by atoms with Crippen molar-refractivity contribution in [1.29, 1.82) is 0 Å². The van der Waals surface area contributed by atoms with E-state index in [2.05, 4.69) is 15.0 Å². The third-order valence-corrected chi connectivity index (χ3v) is 8.56. The Bertz CT molecular complexity index is 1010. The minimum absolute atomic E-state index is 0.0281. The molecule has 0 bridgehead atoms. The third kappa shape index (κ3) is 10.6. The number of imidazole rings is 1. The Balaban J connectivity index is 2.22. The van der Waals surface area contributed by atoms with Gasteiger partial charge >= 0.3 is 15.2 Å². The lowest BCUT2D eigenvalue weighted by Crippen LogP contribution is -2.23. The van der Waals surface area contributed by atoms with Crippen molar-refractivity contribution in [1.82, 2.24) is 19.5 Å². The fraction of sp³-hybridized carbons (Fsp3) is 0.773. The second-order valence-corrected chi connectivity index (χ2v) is 13.6. The van der Waals surface area contributed by atoms with Crippen LogP contribution in [-0.2, 0) is 36.7 Å². The molecule has 0 spiro atoms. The van der Waals surface area contributed by atoms with E-state index in [0.29, 0.717) is 11.2 Å². The first-order chi connectivity index (χ1) is 17.2. The van der Waals surface area contributed by atoms with Gasteiger partial charge in [-0.25, -0.2) is 15.0 Å². The van der Waals surface area contributed by atoms with Crippen LogP contribution < -0.4 is 0 Å². The predicted molar refractivity (Wildman–Crippen MR) is 141 cm³/mol. The van der Waals surface area contributed by atoms with Gasteiger partial charge in [0.05, 0.1) is 50.0 Å². The van der Waals surface area contributed by atoms with Gasteiger partial charge in [-0.3, -0.25) is 9.13 Å². The fourth-order valence-corrected chi connectivity index (χ4v) is 7.10. The smallest absolute Gasteiger partial charge is 0.356 e. The van der Waals surface area contributed by atoms with Gasteiger partial charge < -0.3 is 32.1 Å². The second kappa shape index (κ2) is 14.4. The summed E-state index contributed by atoms with van der Waals surface area (Å²) in [7, 11) is -7.05. The molecule has 0 aliphatic carbocycles. The molecule has 0 atom stereocenters. The van der Waals surface area contributed by atoms with Crippen molar-refractivity contribution >= 4 is 38.0 Å². The van der Waals surface area contributed by atoms with E-state index in [1.54, 1.807) is 60.0 Å². The molecule has 15 heteroatoms. The zero-order chi connectivity index (χ0) is 27.8. The maximum absolute atomic E-state index is 13.2. The number of hydrogen-bond donors (Lipinski definition) is 0. The Morgan fingerprint density at radius 1 is 0.757 bits per heavy atom. The molecule has 12 nitrogen and oxygen atoms in total. The predicted octanol–water partition coefficient (Wildman–Crippen LogP) is 6.06. The number of ether oxygens (including phenoxy) is 2. The molecule has 0 fully saturated rings. The average Bonchev–Trinajstić information content (AvgIpc) is 3.15. The van der Waals surface area contributed by atoms with Crippen LogP contribution >= 0.6 is 26.8 Å². The van der Waals surface area contributed by atoms with E-state index >= 15 is 0 Å². The highest BCUT2D eigenvalue weighted by Gasteiger charge is 2.31. The molecule has 212 valence electrons. The lowest BCUT2D eigenvalue weighted by Gasteiger charge is -2.25. The number of halogens is 1. The van der Waals surface area contributed by atoms with Gasteiger partial charge in [-0.1, -0.05) is 11.6 Å². The average molecular weight is 585 g/mol. The molecule has 0 saturated carbocycles. The molecule has 0 aliphatic rings. The van der Waals surface area contributed by atoms with Crippen molar-refractivity contribution < 1.29 is 36.7 Å². The normalized spacial score (nSPS) is 13.4. The highest BCUT2D eigenvalue weighted by Crippen LogP contribution is 2.51. The molecule has 0 aromatic carbocycles. The molecule has 2 heterocycles. The van der Waals surface area contributed by atoms with Crippen molar-refractivity contribution in [2.75, 3.05) is 25.9 Å². The van der Waals surface area contributed by atoms with Crippen LogP contribution in [0.3, 0.4) is 0 Å². The Hall–Kier alpha value is -0.940. The zero-order valence-electron chi connectivity index (χ0n) is 22.7. The summed E-state index contributed by atoms with van der Waals surface area (Å²) < 4.78 is 62.0. The Morgan fingerprint density at radius 3 is 1.59 bits per heavy atom. The molecule has 0 radical (unpaired) electrons. The van der Waals surface area contributed by atoms with Crippen molar-refractivity contribution in [3.8, 4) is 0 Å². The topological polar surface area (TPSA) is 133 Å². The van der Waals surface area contributed by atoms with E-state index < -0.39 is 21.2 Å². The first-order valence-electron chi connectivity index (χ1n) is 12.1. The highest BCUT2D eigenvalue weighted by atomic mass is 35.5. The van der Waals surface area contributed by atoms with Gasteiger partial charge in [0.1, 0.15) is 24.5 Å². The molecule has 0 saturated heterocycles. The van der Waals surface area contributed by atoms with Crippen molar-refractivity contribution in [3.63, 3.8) is 0 Å². The van der Waals surface area contributed by atoms with Gasteiger partial charge in [0, 0.05) is 0 Å². The molecule has 2 rings (SSSR count). The zero-order valence-corrected chi connectivity index (χ0v) is 25.2. The van der Waals surface area contributed by atoms with Crippen LogP contribution in [0, 0.1) is 0 Å². The molecular formula is C22H39ClN4O8P2. The summed E-state index contributed by atoms with van der Waals surface area (Å²) in [5, 5.41) is 0.199. The van der Waals surface area contributed by atoms with E-state index in [9.17, 15) is 9.13 Å². The number of hydrogen-bond acceptors (Lipinski definition) is 11. The summed E-state index contributed by atoms with van der Waals surface area (Å²) in [4.78, 5) is 12.5. The summed E-state index contributed by atoms with van der Waals surface area (Å²) in [6.07, 6.45) is 1.04. The first-order valence-corrected chi connectivity index (χ1v) is 16.0. The number of aromatic nitrogens is 4. The quantitative estimate of drug-likeness (QED) is 0.159. The minimum atomic E-state index is -3.52. The Kier molecular flexibility index (Phi) is 12.6. The van der Waals surface area contributed by atoms with Crippen LogP contribution in [0.4, 0.5) is 0 Å². The second-order valence-electron chi connectivity index (χ2n) is 9.48. The van der Waals surface area contributed by atoms with E-state index in [-0.39, 0.29) is 55.5 Å². The van der Waals surface area contributed by atoms with Crippen LogP contribution in [0.2, 0.25) is 5.15 Å². The Labute approximate surface area is 223 Å². The molecule has 2 aromatic rings. The first kappa shape index (κ1) is 32.3. The largest absolute Gasteiger partial charge is 0.367 e. The summed E-state index contributed by atoms with van der Waals surface area (Å²) in [6, 6.07) is -0.519. The standard InChI is InChI=1S/C22H39ClN4O8P2/c1-15(2)32-36(28,33-16(3)4)13-30-9-19(27-12-26-20-21(23)24-11-25-22(20)27)10-31-14-37(29,34-17(5)6)35-18(7)8/h11-12,15-19H,9-10,13-14H2,1-8H3. The third-order valence-electron chi connectivity index (χ3n) is 4.31.